The van der Waals surface area contributed by atoms with E-state index < -0.39 is 17.2 Å². The molecule has 1 aromatic rings. The summed E-state index contributed by atoms with van der Waals surface area (Å²) in [6, 6.07) is 0.847. The van der Waals surface area contributed by atoms with Crippen LogP contribution < -0.4 is 5.32 Å². The number of alkyl halides is 3. The fourth-order valence-corrected chi connectivity index (χ4v) is 1.95. The normalized spacial score (nSPS) is 13.5. The predicted octanol–water partition coefficient (Wildman–Crippen LogP) is 3.31. The van der Waals surface area contributed by atoms with Crippen LogP contribution in [0, 0.1) is 0 Å². The largest absolute Gasteiger partial charge is 0.433 e. The molecule has 0 saturated carbocycles. The quantitative estimate of drug-likeness (QED) is 0.861. The van der Waals surface area contributed by atoms with Gasteiger partial charge >= 0.3 is 6.18 Å². The van der Waals surface area contributed by atoms with E-state index in [4.69, 9.17) is 11.6 Å². The van der Waals surface area contributed by atoms with E-state index in [1.54, 1.807) is 11.8 Å². The fraction of sp³-hybridized carbons (Fsp3) is 0.556. The average molecular weight is 286 g/mol. The lowest BCUT2D eigenvalue weighted by Gasteiger charge is -2.14. The van der Waals surface area contributed by atoms with Crippen molar-refractivity contribution in [3.63, 3.8) is 0 Å². The SMILES string of the molecule is CSCC(C)Nc1cc(C(F)(F)F)nc(Cl)n1. The van der Waals surface area contributed by atoms with Crippen LogP contribution in [0.25, 0.3) is 0 Å². The van der Waals surface area contributed by atoms with Crippen molar-refractivity contribution in [3.05, 3.63) is 17.0 Å². The van der Waals surface area contributed by atoms with Crippen LogP contribution >= 0.6 is 23.4 Å². The lowest BCUT2D eigenvalue weighted by Crippen LogP contribution is -2.20. The Kier molecular flexibility index (Phi) is 4.88. The van der Waals surface area contributed by atoms with Gasteiger partial charge in [-0.2, -0.15) is 24.9 Å². The monoisotopic (exact) mass is 285 g/mol. The maximum atomic E-state index is 12.5. The summed E-state index contributed by atoms with van der Waals surface area (Å²) in [5.74, 6) is 0.835. The van der Waals surface area contributed by atoms with E-state index >= 15 is 0 Å². The van der Waals surface area contributed by atoms with E-state index in [9.17, 15) is 13.2 Å². The molecule has 0 fully saturated rings. The Morgan fingerprint density at radius 1 is 1.47 bits per heavy atom. The van der Waals surface area contributed by atoms with Crippen LogP contribution in [0.5, 0.6) is 0 Å². The second-order valence-electron chi connectivity index (χ2n) is 3.41. The van der Waals surface area contributed by atoms with Gasteiger partial charge in [0, 0.05) is 17.9 Å². The summed E-state index contributed by atoms with van der Waals surface area (Å²) in [7, 11) is 0. The zero-order chi connectivity index (χ0) is 13.1. The third-order valence-electron chi connectivity index (χ3n) is 1.80. The highest BCUT2D eigenvalue weighted by Crippen LogP contribution is 2.29. The van der Waals surface area contributed by atoms with Gasteiger partial charge in [0.25, 0.3) is 0 Å². The third kappa shape index (κ3) is 4.59. The summed E-state index contributed by atoms with van der Waals surface area (Å²) in [6.45, 7) is 1.85. The molecule has 1 aromatic heterocycles. The minimum absolute atomic E-state index is 0.00273. The molecule has 3 nitrogen and oxygen atoms in total. The Morgan fingerprint density at radius 3 is 2.65 bits per heavy atom. The standard InChI is InChI=1S/C9H11ClF3N3S/c1-5(4-17-2)14-7-3-6(9(11,12)13)15-8(10)16-7/h3,5H,4H2,1-2H3,(H,14,15,16). The van der Waals surface area contributed by atoms with Crippen molar-refractivity contribution >= 4 is 29.2 Å². The van der Waals surface area contributed by atoms with Crippen LogP contribution in [0.4, 0.5) is 19.0 Å². The first-order valence-corrected chi connectivity index (χ1v) is 6.47. The van der Waals surface area contributed by atoms with Gasteiger partial charge < -0.3 is 5.32 Å². The highest BCUT2D eigenvalue weighted by molar-refractivity contribution is 7.98. The van der Waals surface area contributed by atoms with E-state index in [-0.39, 0.29) is 11.9 Å². The Morgan fingerprint density at radius 2 is 2.12 bits per heavy atom. The van der Waals surface area contributed by atoms with Gasteiger partial charge in [-0.1, -0.05) is 0 Å². The van der Waals surface area contributed by atoms with Crippen molar-refractivity contribution in [2.45, 2.75) is 19.1 Å². The molecule has 1 N–H and O–H groups in total. The minimum atomic E-state index is -4.52. The molecule has 1 atom stereocenters. The second-order valence-corrected chi connectivity index (χ2v) is 4.65. The van der Waals surface area contributed by atoms with E-state index in [1.807, 2.05) is 13.2 Å². The molecule has 0 radical (unpaired) electrons. The first-order chi connectivity index (χ1) is 7.82. The Labute approximate surface area is 106 Å². The lowest BCUT2D eigenvalue weighted by molar-refractivity contribution is -0.141. The van der Waals surface area contributed by atoms with E-state index in [0.717, 1.165) is 11.8 Å². The number of nitrogens with one attached hydrogen (secondary N) is 1. The molecular formula is C9H11ClF3N3S. The number of halogens is 4. The molecule has 0 saturated heterocycles. The Bertz CT molecular complexity index is 386. The molecule has 0 spiro atoms. The second kappa shape index (κ2) is 5.77. The molecule has 8 heteroatoms. The molecule has 1 unspecified atom stereocenters. The summed E-state index contributed by atoms with van der Waals surface area (Å²) < 4.78 is 37.4. The minimum Gasteiger partial charge on any atom is -0.367 e. The van der Waals surface area contributed by atoms with Gasteiger partial charge in [-0.25, -0.2) is 9.97 Å². The average Bonchev–Trinajstić information content (AvgIpc) is 2.15. The fourth-order valence-electron chi connectivity index (χ4n) is 1.18. The van der Waals surface area contributed by atoms with Gasteiger partial charge in [0.1, 0.15) is 5.82 Å². The molecule has 96 valence electrons. The molecule has 0 bridgehead atoms. The number of rotatable bonds is 4. The maximum Gasteiger partial charge on any atom is 0.433 e. The maximum absolute atomic E-state index is 12.5. The topological polar surface area (TPSA) is 37.8 Å². The first kappa shape index (κ1) is 14.4. The van der Waals surface area contributed by atoms with Gasteiger partial charge in [-0.05, 0) is 24.8 Å². The van der Waals surface area contributed by atoms with E-state index in [0.29, 0.717) is 0 Å². The van der Waals surface area contributed by atoms with Crippen LogP contribution in [0.2, 0.25) is 5.28 Å². The number of thioether (sulfide) groups is 1. The van der Waals surface area contributed by atoms with Gasteiger partial charge in [0.15, 0.2) is 5.69 Å². The Hall–Kier alpha value is -0.690. The zero-order valence-corrected chi connectivity index (χ0v) is 10.7. The van der Waals surface area contributed by atoms with E-state index in [2.05, 4.69) is 15.3 Å². The Balaban J connectivity index is 2.90. The summed E-state index contributed by atoms with van der Waals surface area (Å²) in [5.41, 5.74) is -1.05. The number of hydrogen-bond donors (Lipinski definition) is 1. The number of hydrogen-bond acceptors (Lipinski definition) is 4. The van der Waals surface area contributed by atoms with Crippen LogP contribution in [0.1, 0.15) is 12.6 Å². The molecule has 0 aromatic carbocycles. The van der Waals surface area contributed by atoms with Crippen LogP contribution in [-0.2, 0) is 6.18 Å². The van der Waals surface area contributed by atoms with Gasteiger partial charge in [0.05, 0.1) is 0 Å². The number of aromatic nitrogens is 2. The smallest absolute Gasteiger partial charge is 0.367 e. The summed E-state index contributed by atoms with van der Waals surface area (Å²) in [6.07, 6.45) is -2.61. The van der Waals surface area contributed by atoms with Crippen molar-refractivity contribution < 1.29 is 13.2 Å². The molecule has 0 aliphatic carbocycles. The highest BCUT2D eigenvalue weighted by atomic mass is 35.5. The first-order valence-electron chi connectivity index (χ1n) is 4.70. The van der Waals surface area contributed by atoms with Gasteiger partial charge in [-0.3, -0.25) is 0 Å². The molecule has 1 heterocycles. The molecule has 0 aliphatic heterocycles. The lowest BCUT2D eigenvalue weighted by atomic mass is 10.3. The van der Waals surface area contributed by atoms with Crippen molar-refractivity contribution in [2.24, 2.45) is 0 Å². The van der Waals surface area contributed by atoms with Crippen molar-refractivity contribution in [1.29, 1.82) is 0 Å². The molecule has 17 heavy (non-hydrogen) atoms. The van der Waals surface area contributed by atoms with Crippen molar-refractivity contribution in [1.82, 2.24) is 9.97 Å². The predicted molar refractivity (Wildman–Crippen MR) is 63.5 cm³/mol. The molecular weight excluding hydrogens is 275 g/mol. The summed E-state index contributed by atoms with van der Waals surface area (Å²) >= 11 is 7.03. The van der Waals surface area contributed by atoms with Crippen LogP contribution in [-0.4, -0.2) is 28.0 Å². The van der Waals surface area contributed by atoms with Crippen LogP contribution in [0.3, 0.4) is 0 Å². The summed E-state index contributed by atoms with van der Waals surface area (Å²) in [4.78, 5) is 6.85. The zero-order valence-electron chi connectivity index (χ0n) is 9.18. The number of nitrogens with zero attached hydrogens (tertiary/aromatic N) is 2. The van der Waals surface area contributed by atoms with Crippen molar-refractivity contribution in [3.8, 4) is 0 Å². The molecule has 0 amide bonds. The van der Waals surface area contributed by atoms with Crippen molar-refractivity contribution in [2.75, 3.05) is 17.3 Å². The number of anilines is 1. The van der Waals surface area contributed by atoms with Crippen LogP contribution in [0.15, 0.2) is 6.07 Å². The highest BCUT2D eigenvalue weighted by Gasteiger charge is 2.33. The van der Waals surface area contributed by atoms with Gasteiger partial charge in [0.2, 0.25) is 5.28 Å². The summed E-state index contributed by atoms with van der Waals surface area (Å²) in [5, 5.41) is 2.42. The van der Waals surface area contributed by atoms with Gasteiger partial charge in [-0.15, -0.1) is 0 Å². The molecule has 1 rings (SSSR count). The van der Waals surface area contributed by atoms with E-state index in [1.165, 1.54) is 0 Å². The molecule has 0 aliphatic rings. The third-order valence-corrected chi connectivity index (χ3v) is 2.80.